The number of esters is 2. The molecule has 1 amide bonds. The van der Waals surface area contributed by atoms with Gasteiger partial charge in [-0.2, -0.15) is 0 Å². The minimum atomic E-state index is -0.614. The Kier molecular flexibility index (Phi) is 8.09. The summed E-state index contributed by atoms with van der Waals surface area (Å²) in [6.45, 7) is 0.738. The van der Waals surface area contributed by atoms with Gasteiger partial charge in [0.2, 0.25) is 5.91 Å². The van der Waals surface area contributed by atoms with Crippen LogP contribution in [-0.4, -0.2) is 23.9 Å². The summed E-state index contributed by atoms with van der Waals surface area (Å²) < 4.78 is 11.0. The SMILES string of the molecule is O=C(OCc1ccccc1)c1cc(NC(=O)C2Cc3ccccc3CN2)cc(C(=O)OCc2ccccc2)c1. The number of fused-ring (bicyclic) bond motifs is 1. The van der Waals surface area contributed by atoms with Crippen LogP contribution in [0, 0.1) is 0 Å². The number of carbonyl (C=O) groups is 3. The molecule has 0 spiro atoms. The zero-order valence-electron chi connectivity index (χ0n) is 21.3. The van der Waals surface area contributed by atoms with Gasteiger partial charge in [-0.1, -0.05) is 84.9 Å². The standard InChI is InChI=1S/C32H28N2O5/c35-30(29-18-24-13-7-8-14-25(24)19-33-29)34-28-16-26(31(36)38-20-22-9-3-1-4-10-22)15-27(17-28)32(37)39-21-23-11-5-2-6-12-23/h1-17,29,33H,18-21H2,(H,34,35). The van der Waals surface area contributed by atoms with Gasteiger partial charge in [-0.25, -0.2) is 9.59 Å². The van der Waals surface area contributed by atoms with E-state index in [4.69, 9.17) is 9.47 Å². The lowest BCUT2D eigenvalue weighted by Crippen LogP contribution is -2.44. The number of carbonyl (C=O) groups excluding carboxylic acids is 3. The van der Waals surface area contributed by atoms with Gasteiger partial charge >= 0.3 is 11.9 Å². The van der Waals surface area contributed by atoms with E-state index in [-0.39, 0.29) is 30.2 Å². The molecular formula is C32H28N2O5. The third kappa shape index (κ3) is 6.77. The molecule has 1 atom stereocenters. The third-order valence-corrected chi connectivity index (χ3v) is 6.50. The fraction of sp³-hybridized carbons (Fsp3) is 0.156. The first kappa shape index (κ1) is 25.9. The summed E-state index contributed by atoms with van der Waals surface area (Å²) in [6.07, 6.45) is 0.535. The maximum Gasteiger partial charge on any atom is 0.338 e. The van der Waals surface area contributed by atoms with Gasteiger partial charge < -0.3 is 20.1 Å². The molecule has 0 aromatic heterocycles. The van der Waals surface area contributed by atoms with Crippen molar-refractivity contribution < 1.29 is 23.9 Å². The highest BCUT2D eigenvalue weighted by Crippen LogP contribution is 2.21. The molecule has 2 N–H and O–H groups in total. The molecule has 0 saturated heterocycles. The van der Waals surface area contributed by atoms with Crippen LogP contribution in [0.2, 0.25) is 0 Å². The van der Waals surface area contributed by atoms with Crippen LogP contribution in [0.3, 0.4) is 0 Å². The summed E-state index contributed by atoms with van der Waals surface area (Å²) in [7, 11) is 0. The zero-order valence-corrected chi connectivity index (χ0v) is 21.3. The Morgan fingerprint density at radius 3 is 1.77 bits per heavy atom. The molecule has 39 heavy (non-hydrogen) atoms. The quantitative estimate of drug-likeness (QED) is 0.316. The smallest absolute Gasteiger partial charge is 0.338 e. The summed E-state index contributed by atoms with van der Waals surface area (Å²) in [5, 5.41) is 6.12. The monoisotopic (exact) mass is 520 g/mol. The van der Waals surface area contributed by atoms with Crippen LogP contribution < -0.4 is 10.6 Å². The number of hydrogen-bond acceptors (Lipinski definition) is 6. The Labute approximate surface area is 226 Å². The molecule has 0 saturated carbocycles. The summed E-state index contributed by atoms with van der Waals surface area (Å²) in [5.74, 6) is -1.49. The average Bonchev–Trinajstić information content (AvgIpc) is 2.99. The largest absolute Gasteiger partial charge is 0.457 e. The van der Waals surface area contributed by atoms with E-state index < -0.39 is 18.0 Å². The molecule has 4 aromatic carbocycles. The van der Waals surface area contributed by atoms with E-state index in [0.717, 1.165) is 22.3 Å². The maximum atomic E-state index is 13.2. The molecule has 7 nitrogen and oxygen atoms in total. The highest BCUT2D eigenvalue weighted by Gasteiger charge is 2.25. The molecule has 1 heterocycles. The van der Waals surface area contributed by atoms with E-state index in [1.807, 2.05) is 84.9 Å². The first-order valence-electron chi connectivity index (χ1n) is 12.7. The van der Waals surface area contributed by atoms with Gasteiger partial charge in [0.15, 0.2) is 0 Å². The molecule has 1 aliphatic heterocycles. The van der Waals surface area contributed by atoms with Crippen LogP contribution in [0.5, 0.6) is 0 Å². The van der Waals surface area contributed by atoms with Gasteiger partial charge in [0.25, 0.3) is 0 Å². The van der Waals surface area contributed by atoms with Crippen LogP contribution in [0.25, 0.3) is 0 Å². The maximum absolute atomic E-state index is 13.2. The van der Waals surface area contributed by atoms with Crippen LogP contribution in [0.15, 0.2) is 103 Å². The summed E-state index contributed by atoms with van der Waals surface area (Å²) in [6, 6.07) is 30.6. The van der Waals surface area contributed by atoms with Gasteiger partial charge in [-0.05, 0) is 46.9 Å². The molecule has 196 valence electrons. The normalized spacial score (nSPS) is 14.1. The van der Waals surface area contributed by atoms with E-state index in [9.17, 15) is 14.4 Å². The number of benzene rings is 4. The Morgan fingerprint density at radius 1 is 0.692 bits per heavy atom. The van der Waals surface area contributed by atoms with Crippen LogP contribution in [-0.2, 0) is 40.4 Å². The lowest BCUT2D eigenvalue weighted by atomic mass is 9.95. The number of hydrogen-bond donors (Lipinski definition) is 2. The summed E-state index contributed by atoms with van der Waals surface area (Å²) in [4.78, 5) is 39.1. The lowest BCUT2D eigenvalue weighted by molar-refractivity contribution is -0.118. The van der Waals surface area contributed by atoms with Crippen molar-refractivity contribution in [3.63, 3.8) is 0 Å². The topological polar surface area (TPSA) is 93.7 Å². The molecule has 0 fully saturated rings. The third-order valence-electron chi connectivity index (χ3n) is 6.50. The summed E-state index contributed by atoms with van der Waals surface area (Å²) >= 11 is 0. The van der Waals surface area contributed by atoms with Gasteiger partial charge in [0.05, 0.1) is 17.2 Å². The number of rotatable bonds is 8. The fourth-order valence-corrected chi connectivity index (χ4v) is 4.42. The number of anilines is 1. The molecule has 4 aromatic rings. The molecule has 7 heteroatoms. The van der Waals surface area contributed by atoms with E-state index in [1.165, 1.54) is 18.2 Å². The number of amides is 1. The van der Waals surface area contributed by atoms with Crippen molar-refractivity contribution in [3.05, 3.63) is 137 Å². The second kappa shape index (κ2) is 12.2. The van der Waals surface area contributed by atoms with Crippen molar-refractivity contribution in [2.24, 2.45) is 0 Å². The van der Waals surface area contributed by atoms with E-state index in [0.29, 0.717) is 18.7 Å². The van der Waals surface area contributed by atoms with Gasteiger partial charge in [-0.3, -0.25) is 4.79 Å². The van der Waals surface area contributed by atoms with Crippen molar-refractivity contribution in [3.8, 4) is 0 Å². The Bertz CT molecular complexity index is 1400. The highest BCUT2D eigenvalue weighted by atomic mass is 16.5. The summed E-state index contributed by atoms with van der Waals surface area (Å²) in [5.41, 5.74) is 4.52. The van der Waals surface area contributed by atoms with Gasteiger partial charge in [0, 0.05) is 12.2 Å². The van der Waals surface area contributed by atoms with Gasteiger partial charge in [-0.15, -0.1) is 0 Å². The molecular weight excluding hydrogens is 492 g/mol. The molecule has 1 unspecified atom stereocenters. The first-order chi connectivity index (χ1) is 19.0. The van der Waals surface area contributed by atoms with Crippen LogP contribution >= 0.6 is 0 Å². The molecule has 5 rings (SSSR count). The Morgan fingerprint density at radius 2 is 1.21 bits per heavy atom. The van der Waals surface area contributed by atoms with Crippen molar-refractivity contribution in [2.45, 2.75) is 32.2 Å². The van der Waals surface area contributed by atoms with E-state index in [2.05, 4.69) is 10.6 Å². The molecule has 0 bridgehead atoms. The predicted octanol–water partition coefficient (Wildman–Crippen LogP) is 5.05. The van der Waals surface area contributed by atoms with Crippen LogP contribution in [0.1, 0.15) is 43.0 Å². The second-order valence-corrected chi connectivity index (χ2v) is 9.32. The van der Waals surface area contributed by atoms with Crippen molar-refractivity contribution >= 4 is 23.5 Å². The zero-order chi connectivity index (χ0) is 27.0. The Hall–Kier alpha value is -4.75. The molecule has 0 aliphatic carbocycles. The molecule has 1 aliphatic rings. The number of nitrogens with one attached hydrogen (secondary N) is 2. The minimum Gasteiger partial charge on any atom is -0.457 e. The van der Waals surface area contributed by atoms with Crippen molar-refractivity contribution in [1.29, 1.82) is 0 Å². The first-order valence-corrected chi connectivity index (χ1v) is 12.7. The van der Waals surface area contributed by atoms with E-state index in [1.54, 1.807) is 0 Å². The fourth-order valence-electron chi connectivity index (χ4n) is 4.42. The second-order valence-electron chi connectivity index (χ2n) is 9.32. The average molecular weight is 521 g/mol. The Balaban J connectivity index is 1.33. The van der Waals surface area contributed by atoms with Gasteiger partial charge in [0.1, 0.15) is 13.2 Å². The molecule has 0 radical (unpaired) electrons. The predicted molar refractivity (Wildman–Crippen MR) is 147 cm³/mol. The highest BCUT2D eigenvalue weighted by molar-refractivity contribution is 6.00. The van der Waals surface area contributed by atoms with Crippen molar-refractivity contribution in [1.82, 2.24) is 5.32 Å². The van der Waals surface area contributed by atoms with E-state index >= 15 is 0 Å². The lowest BCUT2D eigenvalue weighted by Gasteiger charge is -2.25. The van der Waals surface area contributed by atoms with Crippen LogP contribution in [0.4, 0.5) is 5.69 Å². The number of ether oxygens (including phenoxy) is 2. The van der Waals surface area contributed by atoms with Crippen molar-refractivity contribution in [2.75, 3.05) is 5.32 Å². The minimum absolute atomic E-state index is 0.0788.